The van der Waals surface area contributed by atoms with E-state index in [0.29, 0.717) is 42.1 Å². The van der Waals surface area contributed by atoms with Crippen LogP contribution in [0.4, 0.5) is 5.69 Å². The van der Waals surface area contributed by atoms with Crippen LogP contribution in [0.15, 0.2) is 48.5 Å². The van der Waals surface area contributed by atoms with Crippen LogP contribution in [0.1, 0.15) is 37.0 Å². The highest BCUT2D eigenvalue weighted by Gasteiger charge is 2.18. The molecule has 0 aromatic heterocycles. The maximum atomic E-state index is 12.6. The average Bonchev–Trinajstić information content (AvgIpc) is 2.77. The molecule has 0 aliphatic rings. The number of ether oxygens (including phenoxy) is 2. The molecule has 2 rings (SSSR count). The van der Waals surface area contributed by atoms with Crippen molar-refractivity contribution in [2.24, 2.45) is 0 Å². The lowest BCUT2D eigenvalue weighted by Crippen LogP contribution is -2.41. The van der Waals surface area contributed by atoms with Gasteiger partial charge in [-0.25, -0.2) is 0 Å². The summed E-state index contributed by atoms with van der Waals surface area (Å²) in [4.78, 5) is 38.2. The van der Waals surface area contributed by atoms with Gasteiger partial charge in [0.05, 0.1) is 19.3 Å². The number of nitrogens with one attached hydrogen (secondary N) is 1. The SMILES string of the molecule is CCCN(CC(=O)Nc1ccccc1OC)C(=O)COc1ccc(C(=O)CC)cc1. The summed E-state index contributed by atoms with van der Waals surface area (Å²) in [6.45, 7) is 3.90. The smallest absolute Gasteiger partial charge is 0.260 e. The zero-order chi connectivity index (χ0) is 21.9. The van der Waals surface area contributed by atoms with Crippen LogP contribution in [0.2, 0.25) is 0 Å². The topological polar surface area (TPSA) is 84.9 Å². The van der Waals surface area contributed by atoms with E-state index in [9.17, 15) is 14.4 Å². The molecule has 0 saturated heterocycles. The molecule has 0 heterocycles. The average molecular weight is 412 g/mol. The Morgan fingerprint density at radius 3 is 2.33 bits per heavy atom. The molecule has 1 N–H and O–H groups in total. The summed E-state index contributed by atoms with van der Waals surface area (Å²) < 4.78 is 10.8. The molecule has 2 aromatic rings. The van der Waals surface area contributed by atoms with Crippen molar-refractivity contribution in [2.45, 2.75) is 26.7 Å². The van der Waals surface area contributed by atoms with Gasteiger partial charge in [0, 0.05) is 18.5 Å². The van der Waals surface area contributed by atoms with E-state index in [1.807, 2.05) is 13.0 Å². The molecule has 2 aromatic carbocycles. The molecule has 0 aliphatic heterocycles. The van der Waals surface area contributed by atoms with Crippen molar-refractivity contribution in [1.82, 2.24) is 4.90 Å². The lowest BCUT2D eigenvalue weighted by atomic mass is 10.1. The largest absolute Gasteiger partial charge is 0.495 e. The predicted molar refractivity (Wildman–Crippen MR) is 115 cm³/mol. The summed E-state index contributed by atoms with van der Waals surface area (Å²) in [6.07, 6.45) is 1.14. The predicted octanol–water partition coefficient (Wildman–Crippen LogP) is 3.54. The number of benzene rings is 2. The van der Waals surface area contributed by atoms with E-state index < -0.39 is 0 Å². The second kappa shape index (κ2) is 11.6. The Balaban J connectivity index is 1.93. The van der Waals surface area contributed by atoms with E-state index in [-0.39, 0.29) is 30.7 Å². The number of hydrogen-bond acceptors (Lipinski definition) is 5. The number of amides is 2. The molecule has 0 unspecified atom stereocenters. The van der Waals surface area contributed by atoms with Crippen LogP contribution >= 0.6 is 0 Å². The van der Waals surface area contributed by atoms with Gasteiger partial charge in [0.25, 0.3) is 5.91 Å². The molecular formula is C23H28N2O5. The summed E-state index contributed by atoms with van der Waals surface area (Å²) in [5, 5.41) is 2.77. The van der Waals surface area contributed by atoms with E-state index in [0.717, 1.165) is 0 Å². The van der Waals surface area contributed by atoms with Crippen molar-refractivity contribution in [3.05, 3.63) is 54.1 Å². The third-order valence-corrected chi connectivity index (χ3v) is 4.42. The standard InChI is InChI=1S/C23H28N2O5/c1-4-14-25(15-22(27)24-19-8-6-7-9-21(19)29-3)23(28)16-30-18-12-10-17(11-13-18)20(26)5-2/h6-13H,4-5,14-16H2,1-3H3,(H,24,27). The summed E-state index contributed by atoms with van der Waals surface area (Å²) in [6, 6.07) is 13.8. The highest BCUT2D eigenvalue weighted by Crippen LogP contribution is 2.22. The summed E-state index contributed by atoms with van der Waals surface area (Å²) in [5.41, 5.74) is 1.16. The Morgan fingerprint density at radius 1 is 1.00 bits per heavy atom. The monoisotopic (exact) mass is 412 g/mol. The van der Waals surface area contributed by atoms with Gasteiger partial charge in [0.2, 0.25) is 5.91 Å². The van der Waals surface area contributed by atoms with Crippen LogP contribution in [-0.4, -0.2) is 49.3 Å². The second-order valence-corrected chi connectivity index (χ2v) is 6.65. The molecule has 0 spiro atoms. The number of nitrogens with zero attached hydrogens (tertiary/aromatic N) is 1. The molecule has 0 radical (unpaired) electrons. The van der Waals surface area contributed by atoms with Gasteiger partial charge in [-0.2, -0.15) is 0 Å². The fourth-order valence-electron chi connectivity index (χ4n) is 2.85. The minimum atomic E-state index is -0.316. The van der Waals surface area contributed by atoms with Gasteiger partial charge in [0.15, 0.2) is 12.4 Å². The van der Waals surface area contributed by atoms with Crippen LogP contribution in [0.5, 0.6) is 11.5 Å². The Hall–Kier alpha value is -3.35. The van der Waals surface area contributed by atoms with Crippen molar-refractivity contribution >= 4 is 23.3 Å². The molecule has 0 atom stereocenters. The van der Waals surface area contributed by atoms with Crippen molar-refractivity contribution in [3.63, 3.8) is 0 Å². The first-order valence-corrected chi connectivity index (χ1v) is 9.95. The van der Waals surface area contributed by atoms with E-state index in [4.69, 9.17) is 9.47 Å². The van der Waals surface area contributed by atoms with Gasteiger partial charge in [-0.1, -0.05) is 26.0 Å². The maximum Gasteiger partial charge on any atom is 0.260 e. The van der Waals surface area contributed by atoms with E-state index in [1.165, 1.54) is 12.0 Å². The van der Waals surface area contributed by atoms with Crippen LogP contribution in [-0.2, 0) is 9.59 Å². The number of carbonyl (C=O) groups is 3. The zero-order valence-corrected chi connectivity index (χ0v) is 17.6. The van der Waals surface area contributed by atoms with Crippen molar-refractivity contribution < 1.29 is 23.9 Å². The number of para-hydroxylation sites is 2. The number of carbonyl (C=O) groups excluding carboxylic acids is 3. The second-order valence-electron chi connectivity index (χ2n) is 6.65. The third-order valence-electron chi connectivity index (χ3n) is 4.42. The number of ketones is 1. The highest BCUT2D eigenvalue weighted by molar-refractivity contribution is 5.96. The Bertz CT molecular complexity index is 864. The number of Topliss-reactive ketones (excluding diaryl/α,β-unsaturated/α-hetero) is 1. The molecule has 0 aliphatic carbocycles. The molecule has 0 bridgehead atoms. The van der Waals surface area contributed by atoms with Crippen molar-refractivity contribution in [2.75, 3.05) is 32.1 Å². The number of anilines is 1. The fourth-order valence-corrected chi connectivity index (χ4v) is 2.85. The minimum Gasteiger partial charge on any atom is -0.495 e. The summed E-state index contributed by atoms with van der Waals surface area (Å²) in [7, 11) is 1.53. The fraction of sp³-hybridized carbons (Fsp3) is 0.348. The van der Waals surface area contributed by atoms with Crippen LogP contribution < -0.4 is 14.8 Å². The lowest BCUT2D eigenvalue weighted by Gasteiger charge is -2.22. The molecule has 0 saturated carbocycles. The molecule has 7 heteroatoms. The maximum absolute atomic E-state index is 12.6. The zero-order valence-electron chi connectivity index (χ0n) is 17.6. The summed E-state index contributed by atoms with van der Waals surface area (Å²) >= 11 is 0. The Labute approximate surface area is 177 Å². The first kappa shape index (κ1) is 22.9. The molecule has 0 fully saturated rings. The third kappa shape index (κ3) is 6.62. The van der Waals surface area contributed by atoms with Gasteiger partial charge < -0.3 is 19.7 Å². The Kier molecular flexibility index (Phi) is 8.87. The van der Waals surface area contributed by atoms with E-state index >= 15 is 0 Å². The van der Waals surface area contributed by atoms with E-state index in [2.05, 4.69) is 5.32 Å². The number of rotatable bonds is 11. The quantitative estimate of drug-likeness (QED) is 0.571. The molecular weight excluding hydrogens is 384 g/mol. The van der Waals surface area contributed by atoms with Crippen LogP contribution in [0, 0.1) is 0 Å². The number of methoxy groups -OCH3 is 1. The molecule has 2 amide bonds. The normalized spacial score (nSPS) is 10.2. The highest BCUT2D eigenvalue weighted by atomic mass is 16.5. The van der Waals surface area contributed by atoms with E-state index in [1.54, 1.807) is 49.4 Å². The van der Waals surface area contributed by atoms with Gasteiger partial charge in [0.1, 0.15) is 11.5 Å². The molecule has 30 heavy (non-hydrogen) atoms. The van der Waals surface area contributed by atoms with Crippen molar-refractivity contribution in [1.29, 1.82) is 0 Å². The van der Waals surface area contributed by atoms with Gasteiger partial charge in [-0.15, -0.1) is 0 Å². The van der Waals surface area contributed by atoms with Crippen molar-refractivity contribution in [3.8, 4) is 11.5 Å². The Morgan fingerprint density at radius 2 is 1.70 bits per heavy atom. The van der Waals surface area contributed by atoms with Crippen LogP contribution in [0.25, 0.3) is 0 Å². The van der Waals surface area contributed by atoms with Gasteiger partial charge in [-0.05, 0) is 42.8 Å². The molecule has 160 valence electrons. The first-order chi connectivity index (χ1) is 14.5. The molecule has 7 nitrogen and oxygen atoms in total. The first-order valence-electron chi connectivity index (χ1n) is 9.95. The summed E-state index contributed by atoms with van der Waals surface area (Å²) in [5.74, 6) is 0.482. The van der Waals surface area contributed by atoms with Gasteiger partial charge >= 0.3 is 0 Å². The van der Waals surface area contributed by atoms with Crippen LogP contribution in [0.3, 0.4) is 0 Å². The van der Waals surface area contributed by atoms with Gasteiger partial charge in [-0.3, -0.25) is 14.4 Å². The lowest BCUT2D eigenvalue weighted by molar-refractivity contribution is -0.136. The minimum absolute atomic E-state index is 0.0489. The number of hydrogen-bond donors (Lipinski definition) is 1.